The van der Waals surface area contributed by atoms with Crippen LogP contribution in [0.2, 0.25) is 0 Å². The Hall–Kier alpha value is -2.69. The summed E-state index contributed by atoms with van der Waals surface area (Å²) in [5.74, 6) is 1.09. The fourth-order valence-corrected chi connectivity index (χ4v) is 2.90. The molecule has 0 radical (unpaired) electrons. The summed E-state index contributed by atoms with van der Waals surface area (Å²) in [7, 11) is 1.58. The van der Waals surface area contributed by atoms with Gasteiger partial charge in [-0.1, -0.05) is 30.3 Å². The molecular weight excluding hydrogens is 304 g/mol. The quantitative estimate of drug-likeness (QED) is 0.886. The van der Waals surface area contributed by atoms with Gasteiger partial charge in [0.2, 0.25) is 0 Å². The van der Waals surface area contributed by atoms with Crippen molar-refractivity contribution >= 4 is 11.6 Å². The van der Waals surface area contributed by atoms with Crippen LogP contribution in [0.15, 0.2) is 54.6 Å². The molecule has 1 fully saturated rings. The van der Waals surface area contributed by atoms with E-state index in [1.807, 2.05) is 36.4 Å². The molecule has 2 aromatic rings. The molecule has 1 aliphatic heterocycles. The Labute approximate surface area is 142 Å². The average Bonchev–Trinajstić information content (AvgIpc) is 3.09. The molecule has 1 atom stereocenters. The van der Waals surface area contributed by atoms with Crippen LogP contribution in [0.25, 0.3) is 0 Å². The summed E-state index contributed by atoms with van der Waals surface area (Å²) in [6, 6.07) is 17.7. The summed E-state index contributed by atoms with van der Waals surface area (Å²) in [5.41, 5.74) is 1.19. The van der Waals surface area contributed by atoms with Crippen LogP contribution in [-0.4, -0.2) is 38.8 Å². The van der Waals surface area contributed by atoms with Crippen LogP contribution in [-0.2, 0) is 4.79 Å². The van der Waals surface area contributed by atoms with Crippen LogP contribution < -0.4 is 19.7 Å². The van der Waals surface area contributed by atoms with Gasteiger partial charge < -0.3 is 19.7 Å². The molecule has 0 unspecified atom stereocenters. The molecule has 1 N–H and O–H groups in total. The molecule has 2 aromatic carbocycles. The van der Waals surface area contributed by atoms with Gasteiger partial charge in [-0.05, 0) is 30.7 Å². The highest BCUT2D eigenvalue weighted by atomic mass is 16.5. The summed E-state index contributed by atoms with van der Waals surface area (Å²) in [6.45, 7) is 1.76. The summed E-state index contributed by atoms with van der Waals surface area (Å²) >= 11 is 0. The van der Waals surface area contributed by atoms with Crippen LogP contribution in [0.3, 0.4) is 0 Å². The molecule has 0 saturated carbocycles. The lowest BCUT2D eigenvalue weighted by Gasteiger charge is -2.19. The molecule has 0 aromatic heterocycles. The highest BCUT2D eigenvalue weighted by Crippen LogP contribution is 2.25. The predicted molar refractivity (Wildman–Crippen MR) is 93.7 cm³/mol. The second kappa shape index (κ2) is 7.73. The van der Waals surface area contributed by atoms with Gasteiger partial charge in [0, 0.05) is 24.8 Å². The van der Waals surface area contributed by atoms with E-state index < -0.39 is 0 Å². The van der Waals surface area contributed by atoms with E-state index in [4.69, 9.17) is 9.47 Å². The van der Waals surface area contributed by atoms with Crippen LogP contribution in [0, 0.1) is 0 Å². The molecule has 1 aliphatic rings. The lowest BCUT2D eigenvalue weighted by molar-refractivity contribution is -0.123. The van der Waals surface area contributed by atoms with Crippen molar-refractivity contribution in [3.05, 3.63) is 54.6 Å². The van der Waals surface area contributed by atoms with Gasteiger partial charge in [-0.15, -0.1) is 0 Å². The van der Waals surface area contributed by atoms with Crippen LogP contribution in [0.1, 0.15) is 6.42 Å². The van der Waals surface area contributed by atoms with E-state index in [9.17, 15) is 4.79 Å². The number of carbonyl (C=O) groups excluding carboxylic acids is 1. The number of para-hydroxylation sites is 3. The number of rotatable bonds is 6. The molecule has 1 heterocycles. The SMILES string of the molecule is COc1ccccc1OCC(=O)N[C@@H]1CCN(c2ccccc2)C1. The number of methoxy groups -OCH3 is 1. The van der Waals surface area contributed by atoms with E-state index >= 15 is 0 Å². The Morgan fingerprint density at radius 3 is 2.58 bits per heavy atom. The van der Waals surface area contributed by atoms with Crippen LogP contribution in [0.4, 0.5) is 5.69 Å². The first kappa shape index (κ1) is 16.2. The number of nitrogens with zero attached hydrogens (tertiary/aromatic N) is 1. The molecular formula is C19H22N2O3. The maximum Gasteiger partial charge on any atom is 0.258 e. The number of ether oxygens (including phenoxy) is 2. The first-order chi connectivity index (χ1) is 11.8. The summed E-state index contributed by atoms with van der Waals surface area (Å²) in [4.78, 5) is 14.4. The number of amides is 1. The number of nitrogens with one attached hydrogen (secondary N) is 1. The molecule has 0 bridgehead atoms. The van der Waals surface area contributed by atoms with Crippen molar-refractivity contribution in [3.8, 4) is 11.5 Å². The molecule has 0 aliphatic carbocycles. The van der Waals surface area contributed by atoms with Gasteiger partial charge in [0.05, 0.1) is 7.11 Å². The molecule has 24 heavy (non-hydrogen) atoms. The zero-order chi connectivity index (χ0) is 16.8. The van der Waals surface area contributed by atoms with Gasteiger partial charge in [-0.25, -0.2) is 0 Å². The summed E-state index contributed by atoms with van der Waals surface area (Å²) in [6.07, 6.45) is 0.940. The maximum absolute atomic E-state index is 12.1. The van der Waals surface area contributed by atoms with E-state index in [0.29, 0.717) is 11.5 Å². The molecule has 1 saturated heterocycles. The topological polar surface area (TPSA) is 50.8 Å². The van der Waals surface area contributed by atoms with Crippen LogP contribution in [0.5, 0.6) is 11.5 Å². The Morgan fingerprint density at radius 2 is 1.83 bits per heavy atom. The van der Waals surface area contributed by atoms with Crippen molar-refractivity contribution in [3.63, 3.8) is 0 Å². The van der Waals surface area contributed by atoms with Crippen molar-refractivity contribution in [2.24, 2.45) is 0 Å². The minimum Gasteiger partial charge on any atom is -0.493 e. The first-order valence-corrected chi connectivity index (χ1v) is 8.11. The first-order valence-electron chi connectivity index (χ1n) is 8.11. The van der Waals surface area contributed by atoms with Crippen molar-refractivity contribution in [2.45, 2.75) is 12.5 Å². The zero-order valence-corrected chi connectivity index (χ0v) is 13.8. The van der Waals surface area contributed by atoms with Gasteiger partial charge in [0.25, 0.3) is 5.91 Å². The number of benzene rings is 2. The van der Waals surface area contributed by atoms with Crippen molar-refractivity contribution in [1.29, 1.82) is 0 Å². The maximum atomic E-state index is 12.1. The molecule has 1 amide bonds. The van der Waals surface area contributed by atoms with E-state index in [1.54, 1.807) is 13.2 Å². The van der Waals surface area contributed by atoms with Crippen molar-refractivity contribution in [2.75, 3.05) is 31.7 Å². The average molecular weight is 326 g/mol. The molecule has 3 rings (SSSR count). The minimum atomic E-state index is -0.110. The molecule has 5 heteroatoms. The van der Waals surface area contributed by atoms with Crippen molar-refractivity contribution < 1.29 is 14.3 Å². The predicted octanol–water partition coefficient (Wildman–Crippen LogP) is 2.47. The largest absolute Gasteiger partial charge is 0.493 e. The minimum absolute atomic E-state index is 0.0117. The third-order valence-electron chi connectivity index (χ3n) is 4.10. The zero-order valence-electron chi connectivity index (χ0n) is 13.8. The third-order valence-corrected chi connectivity index (χ3v) is 4.10. The Balaban J connectivity index is 1.48. The van der Waals surface area contributed by atoms with Gasteiger partial charge in [0.15, 0.2) is 18.1 Å². The summed E-state index contributed by atoms with van der Waals surface area (Å²) in [5, 5.41) is 3.04. The van der Waals surface area contributed by atoms with Crippen molar-refractivity contribution in [1.82, 2.24) is 5.32 Å². The third kappa shape index (κ3) is 3.98. The Bertz CT molecular complexity index is 675. The Morgan fingerprint density at radius 1 is 1.12 bits per heavy atom. The summed E-state index contributed by atoms with van der Waals surface area (Å²) < 4.78 is 10.8. The van der Waals surface area contributed by atoms with Gasteiger partial charge in [0.1, 0.15) is 0 Å². The second-order valence-corrected chi connectivity index (χ2v) is 5.77. The van der Waals surface area contributed by atoms with Gasteiger partial charge in [-0.3, -0.25) is 4.79 Å². The van der Waals surface area contributed by atoms with E-state index in [-0.39, 0.29) is 18.6 Å². The van der Waals surface area contributed by atoms with E-state index in [1.165, 1.54) is 5.69 Å². The number of carbonyl (C=O) groups is 1. The normalized spacial score (nSPS) is 16.7. The van der Waals surface area contributed by atoms with Gasteiger partial charge in [-0.2, -0.15) is 0 Å². The molecule has 5 nitrogen and oxygen atoms in total. The monoisotopic (exact) mass is 326 g/mol. The van der Waals surface area contributed by atoms with Crippen LogP contribution >= 0.6 is 0 Å². The number of anilines is 1. The lowest BCUT2D eigenvalue weighted by Crippen LogP contribution is -2.39. The smallest absolute Gasteiger partial charge is 0.258 e. The van der Waals surface area contributed by atoms with E-state index in [2.05, 4.69) is 22.3 Å². The highest BCUT2D eigenvalue weighted by Gasteiger charge is 2.24. The highest BCUT2D eigenvalue weighted by molar-refractivity contribution is 5.78. The lowest BCUT2D eigenvalue weighted by atomic mass is 10.2. The fourth-order valence-electron chi connectivity index (χ4n) is 2.90. The molecule has 0 spiro atoms. The van der Waals surface area contributed by atoms with E-state index in [0.717, 1.165) is 19.5 Å². The second-order valence-electron chi connectivity index (χ2n) is 5.77. The molecule has 126 valence electrons. The Kier molecular flexibility index (Phi) is 5.21. The standard InChI is InChI=1S/C19H22N2O3/c1-23-17-9-5-6-10-18(17)24-14-19(22)20-15-11-12-21(13-15)16-7-3-2-4-8-16/h2-10,15H,11-14H2,1H3,(H,20,22)/t15-/m1/s1. The fraction of sp³-hybridized carbons (Fsp3) is 0.316. The van der Waals surface area contributed by atoms with Gasteiger partial charge >= 0.3 is 0 Å². The number of hydrogen-bond donors (Lipinski definition) is 1. The number of hydrogen-bond acceptors (Lipinski definition) is 4.